The van der Waals surface area contributed by atoms with Crippen molar-refractivity contribution in [2.45, 2.75) is 38.1 Å². The second-order valence-corrected chi connectivity index (χ2v) is 7.92. The van der Waals surface area contributed by atoms with Gasteiger partial charge in [0, 0.05) is 35.0 Å². The zero-order chi connectivity index (χ0) is 22.6. The Kier molecular flexibility index (Phi) is 9.93. The van der Waals surface area contributed by atoms with Crippen molar-refractivity contribution in [2.24, 2.45) is 17.0 Å². The Balaban J connectivity index is 1.68. The van der Waals surface area contributed by atoms with E-state index in [1.807, 2.05) is 0 Å². The number of carbonyl (C=O) groups is 3. The average Bonchev–Trinajstić information content (AvgIpc) is 2.75. The van der Waals surface area contributed by atoms with Crippen LogP contribution in [0.2, 0.25) is 5.02 Å². The van der Waals surface area contributed by atoms with Crippen molar-refractivity contribution in [3.8, 4) is 5.75 Å². The minimum absolute atomic E-state index is 0.0878. The van der Waals surface area contributed by atoms with Crippen molar-refractivity contribution < 1.29 is 24.2 Å². The highest BCUT2D eigenvalue weighted by molar-refractivity contribution is 6.30. The molecule has 0 aromatic heterocycles. The second kappa shape index (κ2) is 12.7. The van der Waals surface area contributed by atoms with Gasteiger partial charge in [0.2, 0.25) is 5.91 Å². The highest BCUT2D eigenvalue weighted by Gasteiger charge is 2.28. The van der Waals surface area contributed by atoms with Gasteiger partial charge in [-0.15, -0.1) is 0 Å². The summed E-state index contributed by atoms with van der Waals surface area (Å²) >= 11 is 5.80. The molecule has 1 aliphatic rings. The SMILES string of the molecule is [N-]=[N+]=NC[C@H](CC(=O)O)NC(=O)C1CCC(CNC(=O)COc2ccc(Cl)cc2)CC1. The van der Waals surface area contributed by atoms with Crippen molar-refractivity contribution in [1.29, 1.82) is 0 Å². The van der Waals surface area contributed by atoms with E-state index in [-0.39, 0.29) is 43.2 Å². The molecule has 0 aliphatic heterocycles. The van der Waals surface area contributed by atoms with Crippen molar-refractivity contribution in [3.63, 3.8) is 0 Å². The zero-order valence-electron chi connectivity index (χ0n) is 17.0. The summed E-state index contributed by atoms with van der Waals surface area (Å²) in [5, 5.41) is 18.4. The van der Waals surface area contributed by atoms with Crippen LogP contribution in [-0.4, -0.2) is 48.6 Å². The molecule has 0 saturated heterocycles. The Hall–Kier alpha value is -2.97. The summed E-state index contributed by atoms with van der Waals surface area (Å²) in [6.45, 7) is 0.319. The Morgan fingerprint density at radius 2 is 1.90 bits per heavy atom. The molecule has 1 aliphatic carbocycles. The van der Waals surface area contributed by atoms with Crippen LogP contribution in [0.3, 0.4) is 0 Å². The predicted molar refractivity (Wildman–Crippen MR) is 114 cm³/mol. The van der Waals surface area contributed by atoms with Crippen LogP contribution in [0.15, 0.2) is 29.4 Å². The Morgan fingerprint density at radius 3 is 2.52 bits per heavy atom. The number of nitrogens with zero attached hydrogens (tertiary/aromatic N) is 3. The van der Waals surface area contributed by atoms with Crippen molar-refractivity contribution in [2.75, 3.05) is 19.7 Å². The largest absolute Gasteiger partial charge is 0.484 e. The number of aliphatic carboxylic acids is 1. The maximum atomic E-state index is 12.4. The third kappa shape index (κ3) is 9.15. The lowest BCUT2D eigenvalue weighted by molar-refractivity contribution is -0.138. The van der Waals surface area contributed by atoms with Crippen molar-refractivity contribution >= 4 is 29.4 Å². The fourth-order valence-electron chi connectivity index (χ4n) is 3.44. The molecule has 3 N–H and O–H groups in total. The van der Waals surface area contributed by atoms with Crippen LogP contribution in [0.25, 0.3) is 10.4 Å². The van der Waals surface area contributed by atoms with Gasteiger partial charge in [-0.25, -0.2) is 0 Å². The normalized spacial score (nSPS) is 18.9. The molecule has 0 bridgehead atoms. The van der Waals surface area contributed by atoms with Gasteiger partial charge in [0.1, 0.15) is 5.75 Å². The van der Waals surface area contributed by atoms with Crippen LogP contribution >= 0.6 is 11.6 Å². The number of carboxylic acid groups (broad SMARTS) is 1. The fourth-order valence-corrected chi connectivity index (χ4v) is 3.57. The number of halogens is 1. The van der Waals surface area contributed by atoms with Crippen LogP contribution in [0, 0.1) is 11.8 Å². The van der Waals surface area contributed by atoms with Gasteiger partial charge in [-0.05, 0) is 61.4 Å². The molecule has 2 rings (SSSR count). The molecule has 11 heteroatoms. The monoisotopic (exact) mass is 451 g/mol. The third-order valence-electron chi connectivity index (χ3n) is 5.12. The number of hydrogen-bond donors (Lipinski definition) is 3. The molecule has 168 valence electrons. The minimum atomic E-state index is -1.07. The third-order valence-corrected chi connectivity index (χ3v) is 5.37. The molecule has 1 saturated carbocycles. The van der Waals surface area contributed by atoms with Crippen LogP contribution in [0.5, 0.6) is 5.75 Å². The molecule has 0 unspecified atom stereocenters. The summed E-state index contributed by atoms with van der Waals surface area (Å²) in [6, 6.07) is 6.03. The Morgan fingerprint density at radius 1 is 1.23 bits per heavy atom. The van der Waals surface area contributed by atoms with E-state index in [9.17, 15) is 14.4 Å². The molecule has 1 atom stereocenters. The van der Waals surface area contributed by atoms with Crippen LogP contribution < -0.4 is 15.4 Å². The molecular weight excluding hydrogens is 426 g/mol. The highest BCUT2D eigenvalue weighted by atomic mass is 35.5. The van der Waals surface area contributed by atoms with E-state index < -0.39 is 12.0 Å². The summed E-state index contributed by atoms with van der Waals surface area (Å²) < 4.78 is 5.41. The maximum Gasteiger partial charge on any atom is 0.305 e. The Labute approximate surface area is 184 Å². The molecular formula is C20H26ClN5O5. The molecule has 1 aromatic rings. The molecule has 10 nitrogen and oxygen atoms in total. The first-order chi connectivity index (χ1) is 14.9. The van der Waals surface area contributed by atoms with E-state index in [1.165, 1.54) is 0 Å². The standard InChI is InChI=1S/C20H26ClN5O5/c21-15-5-7-17(8-6-15)31-12-18(27)23-10-13-1-3-14(4-2-13)20(30)25-16(9-19(28)29)11-24-26-22/h5-8,13-14,16H,1-4,9-12H2,(H,23,27)(H,25,30)(H,28,29)/t13?,14?,16-/m0/s1. The maximum absolute atomic E-state index is 12.4. The van der Waals surface area contributed by atoms with E-state index in [0.717, 1.165) is 12.8 Å². The topological polar surface area (TPSA) is 153 Å². The van der Waals surface area contributed by atoms with Gasteiger partial charge < -0.3 is 20.5 Å². The molecule has 1 aromatic carbocycles. The van der Waals surface area contributed by atoms with Crippen molar-refractivity contribution in [1.82, 2.24) is 10.6 Å². The van der Waals surface area contributed by atoms with Gasteiger partial charge in [-0.1, -0.05) is 16.7 Å². The van der Waals surface area contributed by atoms with Gasteiger partial charge in [0.05, 0.1) is 6.42 Å². The summed E-state index contributed by atoms with van der Waals surface area (Å²) in [5.74, 6) is -0.905. The molecule has 0 heterocycles. The quantitative estimate of drug-likeness (QED) is 0.268. The molecule has 0 spiro atoms. The number of azide groups is 1. The number of rotatable bonds is 11. The number of hydrogen-bond acceptors (Lipinski definition) is 5. The lowest BCUT2D eigenvalue weighted by Gasteiger charge is -2.29. The summed E-state index contributed by atoms with van der Waals surface area (Å²) in [7, 11) is 0. The number of nitrogens with one attached hydrogen (secondary N) is 2. The number of carboxylic acids is 1. The van der Waals surface area contributed by atoms with Crippen LogP contribution in [0.4, 0.5) is 0 Å². The van der Waals surface area contributed by atoms with Crippen LogP contribution in [-0.2, 0) is 14.4 Å². The Bertz CT molecular complexity index is 801. The predicted octanol–water partition coefficient (Wildman–Crippen LogP) is 2.91. The van der Waals surface area contributed by atoms with E-state index in [2.05, 4.69) is 20.7 Å². The lowest BCUT2D eigenvalue weighted by atomic mass is 9.81. The molecule has 2 amide bonds. The summed E-state index contributed by atoms with van der Waals surface area (Å²) in [4.78, 5) is 37.9. The average molecular weight is 452 g/mol. The van der Waals surface area contributed by atoms with Gasteiger partial charge >= 0.3 is 5.97 Å². The molecule has 1 fully saturated rings. The smallest absolute Gasteiger partial charge is 0.305 e. The van der Waals surface area contributed by atoms with E-state index in [1.54, 1.807) is 24.3 Å². The minimum Gasteiger partial charge on any atom is -0.484 e. The zero-order valence-corrected chi connectivity index (χ0v) is 17.8. The number of benzene rings is 1. The fraction of sp³-hybridized carbons (Fsp3) is 0.550. The molecule has 31 heavy (non-hydrogen) atoms. The van der Waals surface area contributed by atoms with Gasteiger partial charge in [-0.3, -0.25) is 14.4 Å². The van der Waals surface area contributed by atoms with Gasteiger partial charge in [-0.2, -0.15) is 0 Å². The van der Waals surface area contributed by atoms with Gasteiger partial charge in [0.25, 0.3) is 5.91 Å². The van der Waals surface area contributed by atoms with Crippen molar-refractivity contribution in [3.05, 3.63) is 39.7 Å². The van der Waals surface area contributed by atoms with E-state index in [4.69, 9.17) is 27.0 Å². The second-order valence-electron chi connectivity index (χ2n) is 7.48. The van der Waals surface area contributed by atoms with Gasteiger partial charge in [0.15, 0.2) is 6.61 Å². The number of amides is 2. The first-order valence-electron chi connectivity index (χ1n) is 10.1. The first-order valence-corrected chi connectivity index (χ1v) is 10.4. The van der Waals surface area contributed by atoms with E-state index >= 15 is 0 Å². The molecule has 0 radical (unpaired) electrons. The first kappa shape index (κ1) is 24.3. The lowest BCUT2D eigenvalue weighted by Crippen LogP contribution is -2.43. The van der Waals surface area contributed by atoms with E-state index in [0.29, 0.717) is 30.2 Å². The summed E-state index contributed by atoms with van der Waals surface area (Å²) in [6.07, 6.45) is 2.54. The number of carbonyl (C=O) groups excluding carboxylic acids is 2. The summed E-state index contributed by atoms with van der Waals surface area (Å²) in [5.41, 5.74) is 8.41. The number of ether oxygens (including phenoxy) is 1. The van der Waals surface area contributed by atoms with Crippen LogP contribution in [0.1, 0.15) is 32.1 Å². The highest BCUT2D eigenvalue weighted by Crippen LogP contribution is 2.28.